The minimum Gasteiger partial charge on any atom is -0.481 e. The second-order valence-corrected chi connectivity index (χ2v) is 7.71. The third-order valence-corrected chi connectivity index (χ3v) is 5.58. The number of aliphatic carboxylic acids is 1. The first kappa shape index (κ1) is 21.3. The number of rotatable bonds is 11. The summed E-state index contributed by atoms with van der Waals surface area (Å²) in [6, 6.07) is 4.41. The number of sulfonamides is 1. The van der Waals surface area contributed by atoms with E-state index in [0.29, 0.717) is 17.9 Å². The number of hydrogen-bond donors (Lipinski definition) is 3. The van der Waals surface area contributed by atoms with Crippen LogP contribution in [0.1, 0.15) is 13.3 Å². The number of benzene rings is 1. The van der Waals surface area contributed by atoms with E-state index in [2.05, 4.69) is 16.6 Å². The lowest BCUT2D eigenvalue weighted by Gasteiger charge is -2.14. The largest absolute Gasteiger partial charge is 0.481 e. The number of aliphatic hydroxyl groups is 1. The summed E-state index contributed by atoms with van der Waals surface area (Å²) in [5, 5.41) is 17.9. The Kier molecular flexibility index (Phi) is 9.37. The van der Waals surface area contributed by atoms with Crippen LogP contribution in [0.25, 0.3) is 0 Å². The van der Waals surface area contributed by atoms with E-state index in [1.54, 1.807) is 6.92 Å². The smallest absolute Gasteiger partial charge is 0.322 e. The average molecular weight is 387 g/mol. The molecule has 1 rings (SSSR count). The monoisotopic (exact) mass is 387 g/mol. The summed E-state index contributed by atoms with van der Waals surface area (Å²) in [7, 11) is -3.97. The third kappa shape index (κ3) is 7.79. The van der Waals surface area contributed by atoms with Gasteiger partial charge in [-0.15, -0.1) is 5.92 Å². The quantitative estimate of drug-likeness (QED) is 0.382. The molecule has 1 atom stereocenters. The molecule has 0 aliphatic rings. The molecule has 7 nitrogen and oxygen atoms in total. The minimum absolute atomic E-state index is 0.00865. The van der Waals surface area contributed by atoms with Gasteiger partial charge in [-0.2, -0.15) is 16.5 Å². The number of carboxylic acid groups (broad SMARTS) is 1. The second kappa shape index (κ2) is 11.0. The first-order valence-corrected chi connectivity index (χ1v) is 10.1. The maximum absolute atomic E-state index is 12.3. The van der Waals surface area contributed by atoms with Crippen LogP contribution in [0.2, 0.25) is 0 Å². The molecule has 138 valence electrons. The summed E-state index contributed by atoms with van der Waals surface area (Å²) >= 11 is 1.26. The Balaban J connectivity index is 2.73. The molecule has 1 aromatic carbocycles. The van der Waals surface area contributed by atoms with Gasteiger partial charge in [0.15, 0.2) is 0 Å². The van der Waals surface area contributed by atoms with Crippen LogP contribution in [0.5, 0.6) is 5.75 Å². The van der Waals surface area contributed by atoms with Crippen LogP contribution in [-0.2, 0) is 14.8 Å². The highest BCUT2D eigenvalue weighted by Crippen LogP contribution is 2.17. The topological polar surface area (TPSA) is 113 Å². The predicted octanol–water partition coefficient (Wildman–Crippen LogP) is 0.936. The molecule has 0 amide bonds. The normalized spacial score (nSPS) is 12.1. The zero-order valence-electron chi connectivity index (χ0n) is 13.8. The fourth-order valence-electron chi connectivity index (χ4n) is 1.69. The van der Waals surface area contributed by atoms with Gasteiger partial charge in [0.05, 0.1) is 4.90 Å². The molecule has 0 fully saturated rings. The molecule has 0 aliphatic heterocycles. The number of aliphatic hydroxyl groups excluding tert-OH is 1. The average Bonchev–Trinajstić information content (AvgIpc) is 2.58. The van der Waals surface area contributed by atoms with Crippen LogP contribution in [0.4, 0.5) is 0 Å². The van der Waals surface area contributed by atoms with Gasteiger partial charge >= 0.3 is 5.97 Å². The van der Waals surface area contributed by atoms with E-state index in [0.717, 1.165) is 0 Å². The van der Waals surface area contributed by atoms with Crippen molar-refractivity contribution in [3.63, 3.8) is 0 Å². The van der Waals surface area contributed by atoms with Crippen molar-refractivity contribution in [3.05, 3.63) is 24.3 Å². The van der Waals surface area contributed by atoms with Crippen LogP contribution in [0.3, 0.4) is 0 Å². The summed E-state index contributed by atoms with van der Waals surface area (Å²) in [5.74, 6) is 5.24. The Morgan fingerprint density at radius 3 is 2.60 bits per heavy atom. The molecule has 0 saturated carbocycles. The van der Waals surface area contributed by atoms with Gasteiger partial charge < -0.3 is 14.9 Å². The van der Waals surface area contributed by atoms with E-state index >= 15 is 0 Å². The second-order valence-electron chi connectivity index (χ2n) is 4.85. The van der Waals surface area contributed by atoms with Gasteiger partial charge in [0.25, 0.3) is 0 Å². The van der Waals surface area contributed by atoms with Gasteiger partial charge in [0, 0.05) is 12.4 Å². The molecule has 0 heterocycles. The number of ether oxygens (including phenoxy) is 1. The molecule has 9 heteroatoms. The van der Waals surface area contributed by atoms with Crippen LogP contribution in [-0.4, -0.2) is 55.4 Å². The molecule has 0 saturated heterocycles. The number of thioether (sulfide) groups is 1. The fraction of sp³-hybridized carbons (Fsp3) is 0.438. The van der Waals surface area contributed by atoms with Crippen molar-refractivity contribution in [2.75, 3.05) is 24.7 Å². The molecule has 0 bridgehead atoms. The van der Waals surface area contributed by atoms with E-state index in [1.807, 2.05) is 0 Å². The van der Waals surface area contributed by atoms with Crippen molar-refractivity contribution in [2.24, 2.45) is 0 Å². The van der Waals surface area contributed by atoms with Gasteiger partial charge in [-0.3, -0.25) is 4.79 Å². The highest BCUT2D eigenvalue weighted by Gasteiger charge is 2.25. The first-order valence-electron chi connectivity index (χ1n) is 7.47. The van der Waals surface area contributed by atoms with E-state index in [1.165, 1.54) is 36.0 Å². The van der Waals surface area contributed by atoms with Crippen molar-refractivity contribution in [2.45, 2.75) is 24.3 Å². The fourth-order valence-corrected chi connectivity index (χ4v) is 3.94. The van der Waals surface area contributed by atoms with Crippen molar-refractivity contribution in [3.8, 4) is 17.6 Å². The Bertz CT molecular complexity index is 706. The Morgan fingerprint density at radius 2 is 2.04 bits per heavy atom. The van der Waals surface area contributed by atoms with E-state index in [4.69, 9.17) is 9.84 Å². The minimum atomic E-state index is -3.97. The third-order valence-electron chi connectivity index (χ3n) is 2.95. The lowest BCUT2D eigenvalue weighted by atomic mass is 10.3. The highest BCUT2D eigenvalue weighted by molar-refractivity contribution is 7.99. The summed E-state index contributed by atoms with van der Waals surface area (Å²) in [5.41, 5.74) is 0. The molecule has 0 unspecified atom stereocenters. The van der Waals surface area contributed by atoms with E-state index in [9.17, 15) is 18.3 Å². The van der Waals surface area contributed by atoms with Crippen molar-refractivity contribution in [1.29, 1.82) is 0 Å². The zero-order chi connectivity index (χ0) is 18.7. The first-order chi connectivity index (χ1) is 11.9. The van der Waals surface area contributed by atoms with Crippen LogP contribution >= 0.6 is 11.8 Å². The highest BCUT2D eigenvalue weighted by atomic mass is 32.2. The molecule has 1 aromatic rings. The van der Waals surface area contributed by atoms with Crippen LogP contribution in [0, 0.1) is 11.8 Å². The number of carboxylic acids is 1. The molecular weight excluding hydrogens is 366 g/mol. The molecule has 0 aliphatic carbocycles. The molecular formula is C16H21NO6S2. The molecule has 25 heavy (non-hydrogen) atoms. The maximum Gasteiger partial charge on any atom is 0.322 e. The van der Waals surface area contributed by atoms with E-state index in [-0.39, 0.29) is 23.9 Å². The zero-order valence-corrected chi connectivity index (χ0v) is 15.4. The lowest BCUT2D eigenvalue weighted by molar-refractivity contribution is -0.138. The lowest BCUT2D eigenvalue weighted by Crippen LogP contribution is -2.42. The number of hydrogen-bond acceptors (Lipinski definition) is 6. The van der Waals surface area contributed by atoms with Gasteiger partial charge in [-0.05, 0) is 43.4 Å². The van der Waals surface area contributed by atoms with Crippen LogP contribution in [0.15, 0.2) is 29.2 Å². The van der Waals surface area contributed by atoms with Crippen molar-refractivity contribution in [1.82, 2.24) is 4.72 Å². The van der Waals surface area contributed by atoms with Crippen molar-refractivity contribution >= 4 is 27.8 Å². The van der Waals surface area contributed by atoms with Crippen LogP contribution < -0.4 is 9.46 Å². The molecule has 0 radical (unpaired) electrons. The molecule has 0 aromatic heterocycles. The SMILES string of the molecule is CC#CCOc1ccc(S(=O)(=O)N[C@H](CSCCCO)C(=O)O)cc1. The molecule has 3 N–H and O–H groups in total. The van der Waals surface area contributed by atoms with Gasteiger partial charge in [-0.1, -0.05) is 5.92 Å². The number of nitrogens with one attached hydrogen (secondary N) is 1. The van der Waals surface area contributed by atoms with Gasteiger partial charge in [0.1, 0.15) is 18.4 Å². The Morgan fingerprint density at radius 1 is 1.36 bits per heavy atom. The summed E-state index contributed by atoms with van der Waals surface area (Å²) in [6.07, 6.45) is 0.521. The summed E-state index contributed by atoms with van der Waals surface area (Å²) < 4.78 is 32.1. The summed E-state index contributed by atoms with van der Waals surface area (Å²) in [6.45, 7) is 1.90. The Hall–Kier alpha value is -1.73. The number of carbonyl (C=O) groups is 1. The maximum atomic E-state index is 12.3. The van der Waals surface area contributed by atoms with Gasteiger partial charge in [0.2, 0.25) is 10.0 Å². The van der Waals surface area contributed by atoms with Gasteiger partial charge in [-0.25, -0.2) is 8.42 Å². The van der Waals surface area contributed by atoms with Crippen molar-refractivity contribution < 1.29 is 28.2 Å². The van der Waals surface area contributed by atoms with E-state index < -0.39 is 22.0 Å². The summed E-state index contributed by atoms with van der Waals surface area (Å²) in [4.78, 5) is 11.2. The Labute approximate surface area is 151 Å². The molecule has 0 spiro atoms. The predicted molar refractivity (Wildman–Crippen MR) is 96.2 cm³/mol. The standard InChI is InChI=1S/C16H21NO6S2/c1-2-3-10-23-13-5-7-14(8-6-13)25(21,22)17-15(16(19)20)12-24-11-4-9-18/h5-8,15,17-18H,4,9-12H2,1H3,(H,19,20)/t15-/m1/s1.